The summed E-state index contributed by atoms with van der Waals surface area (Å²) in [7, 11) is 0. The van der Waals surface area contributed by atoms with E-state index in [0.29, 0.717) is 13.1 Å². The molecule has 238 valence electrons. The third kappa shape index (κ3) is 4.83. The minimum Gasteiger partial charge on any atom is -0.871 e. The fourth-order valence-electron chi connectivity index (χ4n) is 7.51. The largest absolute Gasteiger partial charge is 0.871 e. The molecule has 0 aromatic heterocycles. The van der Waals surface area contributed by atoms with Crippen LogP contribution >= 0.6 is 0 Å². The van der Waals surface area contributed by atoms with E-state index in [1.807, 2.05) is 60.7 Å². The second-order valence-electron chi connectivity index (χ2n) is 13.8. The Morgan fingerprint density at radius 1 is 0.729 bits per heavy atom. The lowest BCUT2D eigenvalue weighted by Gasteiger charge is -2.32. The number of hydrogen-bond acceptors (Lipinski definition) is 3. The van der Waals surface area contributed by atoms with Gasteiger partial charge < -0.3 is 10.0 Å². The highest BCUT2D eigenvalue weighted by Crippen LogP contribution is 2.50. The van der Waals surface area contributed by atoms with Crippen LogP contribution in [0.25, 0.3) is 22.3 Å². The van der Waals surface area contributed by atoms with Gasteiger partial charge in [-0.1, -0.05) is 99.0 Å². The maximum absolute atomic E-state index is 13.9. The van der Waals surface area contributed by atoms with Gasteiger partial charge in [0, 0.05) is 52.2 Å². The highest BCUT2D eigenvalue weighted by Gasteiger charge is 2.46. The molecular weight excluding hydrogens is 588 g/mol. The summed E-state index contributed by atoms with van der Waals surface area (Å²) >= 11 is 0. The van der Waals surface area contributed by atoms with Gasteiger partial charge >= 0.3 is 0 Å². The molecule has 0 amide bonds. The average Bonchev–Trinajstić information content (AvgIpc) is 3.44. The number of ketones is 1. The summed E-state index contributed by atoms with van der Waals surface area (Å²) in [6.45, 7) is 17.8. The Labute approximate surface area is 283 Å². The van der Waals surface area contributed by atoms with Crippen LogP contribution in [0, 0.1) is 0 Å². The second kappa shape index (κ2) is 11.6. The van der Waals surface area contributed by atoms with Crippen molar-refractivity contribution in [1.82, 2.24) is 0 Å². The van der Waals surface area contributed by atoms with E-state index in [1.165, 1.54) is 0 Å². The highest BCUT2D eigenvalue weighted by atomic mass is 16.3. The van der Waals surface area contributed by atoms with Crippen LogP contribution < -0.4 is 10.0 Å². The average molecular weight is 629 g/mol. The molecule has 4 nitrogen and oxygen atoms in total. The van der Waals surface area contributed by atoms with E-state index in [2.05, 4.69) is 111 Å². The molecule has 2 aliphatic heterocycles. The maximum Gasteiger partial charge on any atom is 0.210 e. The number of anilines is 1. The molecule has 4 heteroatoms. The summed E-state index contributed by atoms with van der Waals surface area (Å²) in [5.74, 6) is -0.434. The maximum atomic E-state index is 13.9. The van der Waals surface area contributed by atoms with Gasteiger partial charge in [-0.3, -0.25) is 4.79 Å². The SMILES string of the molecule is C=CCN1/C(=C/C2=C([O-])C(=C/C3=[N+](CC=C)c4ccc(-c5ccccc5)cc4C3(C)C)/C2=O)C(C)(C)c2cc(-c3ccccc3)ccc21. The van der Waals surface area contributed by atoms with Gasteiger partial charge in [0.15, 0.2) is 18.0 Å². The molecule has 0 bridgehead atoms. The summed E-state index contributed by atoms with van der Waals surface area (Å²) in [6.07, 6.45) is 7.36. The van der Waals surface area contributed by atoms with Crippen molar-refractivity contribution in [2.24, 2.45) is 0 Å². The Balaban J connectivity index is 1.27. The lowest BCUT2D eigenvalue weighted by molar-refractivity contribution is -0.425. The number of Topliss-reactive ketones (excluding diaryl/α,β-unsaturated/α-hetero) is 1. The molecule has 0 saturated carbocycles. The van der Waals surface area contributed by atoms with Crippen LogP contribution in [0.3, 0.4) is 0 Å². The quantitative estimate of drug-likeness (QED) is 0.112. The first-order valence-corrected chi connectivity index (χ1v) is 16.5. The molecule has 0 atom stereocenters. The highest BCUT2D eigenvalue weighted by molar-refractivity contribution is 6.24. The van der Waals surface area contributed by atoms with Crippen molar-refractivity contribution in [3.8, 4) is 22.3 Å². The first kappa shape index (κ1) is 31.1. The Bertz CT molecular complexity index is 2130. The summed E-state index contributed by atoms with van der Waals surface area (Å²) in [4.78, 5) is 16.0. The molecule has 3 aliphatic rings. The van der Waals surface area contributed by atoms with Crippen molar-refractivity contribution in [1.29, 1.82) is 0 Å². The number of hydrogen-bond donors (Lipinski definition) is 0. The van der Waals surface area contributed by atoms with Crippen LogP contribution in [0.4, 0.5) is 11.4 Å². The zero-order valence-electron chi connectivity index (χ0n) is 28.1. The molecule has 0 fully saturated rings. The number of allylic oxidation sites excluding steroid dienone is 5. The van der Waals surface area contributed by atoms with E-state index in [4.69, 9.17) is 0 Å². The Morgan fingerprint density at radius 3 is 1.92 bits per heavy atom. The van der Waals surface area contributed by atoms with Gasteiger partial charge in [0.05, 0.1) is 5.41 Å². The molecule has 48 heavy (non-hydrogen) atoms. The third-order valence-corrected chi connectivity index (χ3v) is 10.2. The first-order valence-electron chi connectivity index (χ1n) is 16.5. The second-order valence-corrected chi connectivity index (χ2v) is 13.8. The molecule has 4 aromatic rings. The Kier molecular flexibility index (Phi) is 7.55. The first-order chi connectivity index (χ1) is 23.1. The zero-order chi connectivity index (χ0) is 33.8. The number of carbonyl (C=O) groups excluding carboxylic acids is 1. The zero-order valence-corrected chi connectivity index (χ0v) is 28.1. The van der Waals surface area contributed by atoms with Crippen LogP contribution in [0.2, 0.25) is 0 Å². The predicted molar refractivity (Wildman–Crippen MR) is 196 cm³/mol. The standard InChI is InChI=1S/C44H40N2O2/c1-7-23-45-37-21-19-31(29-15-11-9-12-16-29)25-35(37)43(3,4)39(45)27-33-41(47)34(42(33)48)28-40-44(5,6)36-26-32(30-17-13-10-14-18-30)20-22-38(36)46(40)24-8-2/h7-22,25-28H,1-2,23-24H2,3-6H3. The fourth-order valence-corrected chi connectivity index (χ4v) is 7.51. The van der Waals surface area contributed by atoms with Gasteiger partial charge in [-0.2, -0.15) is 4.58 Å². The Morgan fingerprint density at radius 2 is 1.33 bits per heavy atom. The predicted octanol–water partition coefficient (Wildman–Crippen LogP) is 8.57. The molecule has 0 N–H and O–H groups in total. The summed E-state index contributed by atoms with van der Waals surface area (Å²) in [5, 5.41) is 13.9. The van der Waals surface area contributed by atoms with Gasteiger partial charge in [0.2, 0.25) is 5.69 Å². The van der Waals surface area contributed by atoms with Crippen LogP contribution in [-0.4, -0.2) is 29.2 Å². The summed E-state index contributed by atoms with van der Waals surface area (Å²) in [6, 6.07) is 33.6. The normalized spacial score (nSPS) is 19.1. The molecule has 4 aromatic carbocycles. The van der Waals surface area contributed by atoms with E-state index in [0.717, 1.165) is 56.2 Å². The van der Waals surface area contributed by atoms with E-state index in [-0.39, 0.29) is 22.7 Å². The third-order valence-electron chi connectivity index (χ3n) is 10.2. The van der Waals surface area contributed by atoms with Crippen molar-refractivity contribution in [2.45, 2.75) is 38.5 Å². The van der Waals surface area contributed by atoms with Crippen molar-refractivity contribution in [2.75, 3.05) is 18.0 Å². The van der Waals surface area contributed by atoms with Crippen molar-refractivity contribution in [3.05, 3.63) is 168 Å². The van der Waals surface area contributed by atoms with Crippen LogP contribution in [0.1, 0.15) is 38.8 Å². The number of benzene rings is 4. The molecule has 0 unspecified atom stereocenters. The Hall–Kier alpha value is -5.48. The molecule has 0 radical (unpaired) electrons. The van der Waals surface area contributed by atoms with E-state index in [1.54, 1.807) is 0 Å². The van der Waals surface area contributed by atoms with Crippen molar-refractivity contribution >= 4 is 22.9 Å². The molecule has 7 rings (SSSR count). The number of fused-ring (bicyclic) bond motifs is 2. The smallest absolute Gasteiger partial charge is 0.210 e. The number of carbonyl (C=O) groups is 1. The lowest BCUT2D eigenvalue weighted by atomic mass is 9.77. The van der Waals surface area contributed by atoms with E-state index < -0.39 is 10.8 Å². The number of rotatable bonds is 8. The topological polar surface area (TPSA) is 46.4 Å². The van der Waals surface area contributed by atoms with Crippen LogP contribution in [-0.2, 0) is 15.6 Å². The molecule has 0 saturated heterocycles. The van der Waals surface area contributed by atoms with Crippen molar-refractivity contribution < 1.29 is 14.5 Å². The van der Waals surface area contributed by atoms with Crippen LogP contribution in [0.5, 0.6) is 0 Å². The van der Waals surface area contributed by atoms with Crippen LogP contribution in [0.15, 0.2) is 157 Å². The molecule has 0 spiro atoms. The molecular formula is C44H40N2O2. The minimum atomic E-state index is -0.433. The van der Waals surface area contributed by atoms with Gasteiger partial charge in [-0.25, -0.2) is 0 Å². The summed E-state index contributed by atoms with van der Waals surface area (Å²) in [5.41, 5.74) is 10.4. The lowest BCUT2D eigenvalue weighted by Crippen LogP contribution is -2.35. The summed E-state index contributed by atoms with van der Waals surface area (Å²) < 4.78 is 2.17. The minimum absolute atomic E-state index is 0.217. The fraction of sp³-hybridized carbons (Fsp3) is 0.182. The van der Waals surface area contributed by atoms with Gasteiger partial charge in [-0.05, 0) is 78.1 Å². The van der Waals surface area contributed by atoms with E-state index in [9.17, 15) is 9.90 Å². The van der Waals surface area contributed by atoms with Crippen molar-refractivity contribution in [3.63, 3.8) is 0 Å². The monoisotopic (exact) mass is 628 g/mol. The van der Waals surface area contributed by atoms with Gasteiger partial charge in [0.1, 0.15) is 0 Å². The van der Waals surface area contributed by atoms with Gasteiger partial charge in [-0.15, -0.1) is 6.58 Å². The molecule has 1 aliphatic carbocycles. The van der Waals surface area contributed by atoms with E-state index >= 15 is 0 Å². The number of nitrogens with zero attached hydrogens (tertiary/aromatic N) is 2. The van der Waals surface area contributed by atoms with Gasteiger partial charge in [0.25, 0.3) is 0 Å². The molecule has 2 heterocycles.